The van der Waals surface area contributed by atoms with Crippen LogP contribution < -0.4 is 21.9 Å². The minimum Gasteiger partial charge on any atom is -0.394 e. The summed E-state index contributed by atoms with van der Waals surface area (Å²) in [7, 11) is 0. The predicted octanol–water partition coefficient (Wildman–Crippen LogP) is 4.79. The molecule has 0 radical (unpaired) electrons. The van der Waals surface area contributed by atoms with Crippen molar-refractivity contribution in [3.8, 4) is 0 Å². The molecular weight excluding hydrogens is 759 g/mol. The molecule has 0 bridgehead atoms. The number of rotatable bonds is 38. The fraction of sp³-hybridized carbons (Fsp3) is 0.909. The van der Waals surface area contributed by atoms with Gasteiger partial charge >= 0.3 is 0 Å². The van der Waals surface area contributed by atoms with E-state index in [0.717, 1.165) is 38.5 Å². The van der Waals surface area contributed by atoms with Crippen molar-refractivity contribution in [2.45, 2.75) is 224 Å². The number of carbonyl (C=O) groups is 4. The molecule has 1 aliphatic heterocycles. The summed E-state index contributed by atoms with van der Waals surface area (Å²) in [5, 5.41) is 44.3. The van der Waals surface area contributed by atoms with Crippen LogP contribution in [0.1, 0.15) is 187 Å². The minimum atomic E-state index is -1.60. The van der Waals surface area contributed by atoms with Crippen LogP contribution in [0.2, 0.25) is 0 Å². The van der Waals surface area contributed by atoms with E-state index in [1.165, 1.54) is 116 Å². The Morgan fingerprint density at radius 1 is 0.644 bits per heavy atom. The molecule has 346 valence electrons. The van der Waals surface area contributed by atoms with Gasteiger partial charge in [0.1, 0.15) is 30.5 Å². The van der Waals surface area contributed by atoms with Gasteiger partial charge in [0.2, 0.25) is 17.7 Å². The lowest BCUT2D eigenvalue weighted by Crippen LogP contribution is -2.59. The molecule has 0 aromatic heterocycles. The van der Waals surface area contributed by atoms with Crippen LogP contribution in [0.15, 0.2) is 0 Å². The molecule has 1 rings (SSSR count). The summed E-state index contributed by atoms with van der Waals surface area (Å²) >= 11 is 0. The molecule has 9 N–H and O–H groups in total. The lowest BCUT2D eigenvalue weighted by Gasteiger charge is -2.39. The van der Waals surface area contributed by atoms with E-state index in [1.54, 1.807) is 0 Å². The van der Waals surface area contributed by atoms with Gasteiger partial charge in [-0.2, -0.15) is 0 Å². The fourth-order valence-corrected chi connectivity index (χ4v) is 7.43. The summed E-state index contributed by atoms with van der Waals surface area (Å²) in [5.41, 5.74) is 1.96. The highest BCUT2D eigenvalue weighted by Crippen LogP contribution is 2.22. The Balaban J connectivity index is 2.53. The molecule has 0 aliphatic carbocycles. The first-order valence-corrected chi connectivity index (χ1v) is 23.4. The van der Waals surface area contributed by atoms with E-state index in [-0.39, 0.29) is 31.9 Å². The first-order valence-electron chi connectivity index (χ1n) is 23.4. The normalized spacial score (nSPS) is 19.6. The number of aliphatic hydroxyl groups is 4. The molecule has 1 heterocycles. The highest BCUT2D eigenvalue weighted by Gasteiger charge is 2.44. The van der Waals surface area contributed by atoms with E-state index in [2.05, 4.69) is 24.5 Å². The maximum absolute atomic E-state index is 13.4. The zero-order valence-corrected chi connectivity index (χ0v) is 36.9. The van der Waals surface area contributed by atoms with E-state index in [4.69, 9.17) is 15.3 Å². The van der Waals surface area contributed by atoms with Gasteiger partial charge in [0, 0.05) is 32.5 Å². The van der Waals surface area contributed by atoms with Gasteiger partial charge in [-0.3, -0.25) is 24.6 Å². The maximum Gasteiger partial charge on any atom is 0.256 e. The first-order chi connectivity index (χ1) is 28.6. The molecular formula is C44H85N5O10. The molecule has 0 spiro atoms. The van der Waals surface area contributed by atoms with Crippen molar-refractivity contribution in [2.24, 2.45) is 5.84 Å². The fourth-order valence-electron chi connectivity index (χ4n) is 7.43. The molecule has 6 atom stereocenters. The Hall–Kier alpha value is -2.40. The standard InChI is InChI=1S/C44H85N5O10/c1-3-5-7-9-11-13-15-17-19-21-23-25-30-49(31-26-24-22-20-18-16-14-12-10-8-6-4-2)39(53)28-27-37(51)47-35(43(57)48-45)33-38(52)46-29-32-58-44-42(56)41(55)40(54)36(34-50)59-44/h35-36,40-42,44,50,54-56H,3-34,45H2,1-2H3,(H,46,52)(H,47,51)(H,48,57)/t35?,36-,40-,41+,42-,44-/m1/s1. The quantitative estimate of drug-likeness (QED) is 0.0182. The van der Waals surface area contributed by atoms with E-state index in [9.17, 15) is 39.6 Å². The number of nitrogens with one attached hydrogen (secondary N) is 3. The lowest BCUT2D eigenvalue weighted by molar-refractivity contribution is -0.300. The second-order valence-electron chi connectivity index (χ2n) is 16.4. The van der Waals surface area contributed by atoms with Gasteiger partial charge in [0.15, 0.2) is 6.29 Å². The Morgan fingerprint density at radius 3 is 1.54 bits per heavy atom. The zero-order valence-electron chi connectivity index (χ0n) is 36.9. The topological polar surface area (TPSA) is 233 Å². The van der Waals surface area contributed by atoms with Crippen molar-refractivity contribution in [1.29, 1.82) is 0 Å². The average Bonchev–Trinajstić information content (AvgIpc) is 3.23. The van der Waals surface area contributed by atoms with Crippen LogP contribution in [0, 0.1) is 0 Å². The van der Waals surface area contributed by atoms with E-state index >= 15 is 0 Å². The molecule has 15 nitrogen and oxygen atoms in total. The largest absolute Gasteiger partial charge is 0.394 e. The van der Waals surface area contributed by atoms with Crippen LogP contribution in [0.4, 0.5) is 0 Å². The summed E-state index contributed by atoms with van der Waals surface area (Å²) in [5.74, 6) is 3.29. The highest BCUT2D eigenvalue weighted by atomic mass is 16.7. The van der Waals surface area contributed by atoms with E-state index in [1.807, 2.05) is 10.3 Å². The Kier molecular flexibility index (Phi) is 33.6. The molecule has 59 heavy (non-hydrogen) atoms. The first kappa shape index (κ1) is 54.6. The Morgan fingerprint density at radius 2 is 1.10 bits per heavy atom. The second-order valence-corrected chi connectivity index (χ2v) is 16.4. The number of nitrogens with zero attached hydrogens (tertiary/aromatic N) is 1. The number of hydrogen-bond donors (Lipinski definition) is 8. The van der Waals surface area contributed by atoms with Gasteiger partial charge in [0.25, 0.3) is 5.91 Å². The van der Waals surface area contributed by atoms with Crippen LogP contribution in [0.25, 0.3) is 0 Å². The van der Waals surface area contributed by atoms with Crippen molar-refractivity contribution >= 4 is 23.6 Å². The Labute approximate surface area is 355 Å². The van der Waals surface area contributed by atoms with Gasteiger partial charge in [0.05, 0.1) is 19.6 Å². The number of carbonyl (C=O) groups excluding carboxylic acids is 4. The summed E-state index contributed by atoms with van der Waals surface area (Å²) < 4.78 is 10.6. The summed E-state index contributed by atoms with van der Waals surface area (Å²) in [6, 6.07) is -1.29. The molecule has 0 aromatic rings. The third kappa shape index (κ3) is 26.5. The highest BCUT2D eigenvalue weighted by molar-refractivity contribution is 5.92. The lowest BCUT2D eigenvalue weighted by atomic mass is 9.99. The van der Waals surface area contributed by atoms with E-state index in [0.29, 0.717) is 13.1 Å². The number of hydrazine groups is 1. The molecule has 0 aromatic carbocycles. The second kappa shape index (κ2) is 36.3. The maximum atomic E-state index is 13.4. The minimum absolute atomic E-state index is 0.0131. The van der Waals surface area contributed by atoms with Crippen LogP contribution >= 0.6 is 0 Å². The van der Waals surface area contributed by atoms with Crippen molar-refractivity contribution in [2.75, 3.05) is 32.8 Å². The predicted molar refractivity (Wildman–Crippen MR) is 230 cm³/mol. The number of nitrogens with two attached hydrogens (primary N) is 1. The SMILES string of the molecule is CCCCCCCCCCCCCCN(CCCCCCCCCCCCCC)C(=O)CCC(=O)NC(CC(=O)NCCO[C@@H]1O[C@H](CO)[C@@H](O)[C@H](O)[C@H]1O)C(=O)NN. The van der Waals surface area contributed by atoms with Gasteiger partial charge in [-0.15, -0.1) is 0 Å². The monoisotopic (exact) mass is 844 g/mol. The smallest absolute Gasteiger partial charge is 0.256 e. The molecule has 1 saturated heterocycles. The third-order valence-electron chi connectivity index (χ3n) is 11.2. The molecule has 1 unspecified atom stereocenters. The van der Waals surface area contributed by atoms with Crippen LogP contribution in [0.5, 0.6) is 0 Å². The third-order valence-corrected chi connectivity index (χ3v) is 11.2. The molecule has 1 fully saturated rings. The number of unbranched alkanes of at least 4 members (excludes halogenated alkanes) is 22. The summed E-state index contributed by atoms with van der Waals surface area (Å²) in [6.45, 7) is 4.94. The number of ether oxygens (including phenoxy) is 2. The van der Waals surface area contributed by atoms with Crippen LogP contribution in [0.3, 0.4) is 0 Å². The van der Waals surface area contributed by atoms with Crippen molar-refractivity contribution in [1.82, 2.24) is 21.0 Å². The van der Waals surface area contributed by atoms with E-state index < -0.39 is 67.5 Å². The van der Waals surface area contributed by atoms with Gasteiger partial charge < -0.3 is 45.4 Å². The Bertz CT molecular complexity index is 1060. The van der Waals surface area contributed by atoms with Gasteiger partial charge in [-0.25, -0.2) is 5.84 Å². The zero-order chi connectivity index (χ0) is 43.5. The number of amides is 4. The number of aliphatic hydroxyl groups excluding tert-OH is 4. The van der Waals surface area contributed by atoms with Gasteiger partial charge in [-0.05, 0) is 12.8 Å². The number of hydrogen-bond acceptors (Lipinski definition) is 11. The molecule has 15 heteroatoms. The molecule has 0 saturated carbocycles. The molecule has 4 amide bonds. The van der Waals surface area contributed by atoms with Crippen LogP contribution in [-0.4, -0.2) is 119 Å². The summed E-state index contributed by atoms with van der Waals surface area (Å²) in [4.78, 5) is 53.4. The summed E-state index contributed by atoms with van der Waals surface area (Å²) in [6.07, 6.45) is 21.9. The van der Waals surface area contributed by atoms with Crippen molar-refractivity contribution < 1.29 is 49.1 Å². The van der Waals surface area contributed by atoms with Gasteiger partial charge in [-0.1, -0.05) is 155 Å². The molecule has 1 aliphatic rings. The van der Waals surface area contributed by atoms with Crippen molar-refractivity contribution in [3.63, 3.8) is 0 Å². The average molecular weight is 844 g/mol. The van der Waals surface area contributed by atoms with Crippen LogP contribution in [-0.2, 0) is 28.7 Å². The van der Waals surface area contributed by atoms with Crippen molar-refractivity contribution in [3.05, 3.63) is 0 Å².